The molecular weight excluding hydrogens is 350 g/mol. The van der Waals surface area contributed by atoms with Gasteiger partial charge in [0.25, 0.3) is 5.91 Å². The molecule has 0 fully saturated rings. The first-order valence-electron chi connectivity index (χ1n) is 8.19. The zero-order valence-corrected chi connectivity index (χ0v) is 14.8. The third kappa shape index (κ3) is 4.85. The predicted molar refractivity (Wildman–Crippen MR) is 102 cm³/mol. The van der Waals surface area contributed by atoms with Crippen LogP contribution in [0.15, 0.2) is 78.9 Å². The summed E-state index contributed by atoms with van der Waals surface area (Å²) in [6.07, 6.45) is 0. The van der Waals surface area contributed by atoms with E-state index in [9.17, 15) is 4.79 Å². The van der Waals surface area contributed by atoms with E-state index in [1.165, 1.54) is 0 Å². The van der Waals surface area contributed by atoms with Gasteiger partial charge in [-0.2, -0.15) is 0 Å². The van der Waals surface area contributed by atoms with Gasteiger partial charge in [0.15, 0.2) is 0 Å². The van der Waals surface area contributed by atoms with Crippen molar-refractivity contribution in [2.45, 2.75) is 0 Å². The lowest BCUT2D eigenvalue weighted by Crippen LogP contribution is -2.26. The smallest absolute Gasteiger partial charge is 0.275 e. The topological polar surface area (TPSA) is 47.6 Å². The molecule has 0 aliphatic carbocycles. The number of hydroxylamine groups is 1. The van der Waals surface area contributed by atoms with Crippen LogP contribution in [0.2, 0.25) is 5.02 Å². The summed E-state index contributed by atoms with van der Waals surface area (Å²) in [6.45, 7) is 0.561. The van der Waals surface area contributed by atoms with E-state index >= 15 is 0 Å². The molecule has 0 atom stereocenters. The van der Waals surface area contributed by atoms with E-state index in [1.54, 1.807) is 18.2 Å². The molecule has 0 spiro atoms. The molecule has 0 heterocycles. The zero-order chi connectivity index (χ0) is 18.2. The van der Waals surface area contributed by atoms with E-state index in [0.29, 0.717) is 17.2 Å². The Morgan fingerprint density at radius 1 is 0.885 bits per heavy atom. The molecule has 0 aliphatic rings. The van der Waals surface area contributed by atoms with Crippen LogP contribution in [0.1, 0.15) is 10.4 Å². The van der Waals surface area contributed by atoms with Crippen molar-refractivity contribution in [1.82, 2.24) is 5.48 Å². The number of carbonyl (C=O) groups is 1. The van der Waals surface area contributed by atoms with Gasteiger partial charge < -0.3 is 4.74 Å². The average molecular weight is 368 g/mol. The van der Waals surface area contributed by atoms with E-state index in [2.05, 4.69) is 5.48 Å². The molecule has 1 amide bonds. The fourth-order valence-electron chi connectivity index (χ4n) is 2.46. The van der Waals surface area contributed by atoms with Crippen LogP contribution in [0.3, 0.4) is 0 Å². The molecule has 0 unspecified atom stereocenters. The SMILES string of the molecule is O=C(NOCCOc1ccccc1)c1ccc(Cl)cc1-c1ccccc1. The molecule has 0 aromatic heterocycles. The Morgan fingerprint density at radius 2 is 1.58 bits per heavy atom. The number of carbonyl (C=O) groups excluding carboxylic acids is 1. The maximum absolute atomic E-state index is 12.5. The average Bonchev–Trinajstić information content (AvgIpc) is 2.69. The number of nitrogens with one attached hydrogen (secondary N) is 1. The van der Waals surface area contributed by atoms with E-state index in [4.69, 9.17) is 21.2 Å². The largest absolute Gasteiger partial charge is 0.491 e. The Balaban J connectivity index is 1.58. The zero-order valence-electron chi connectivity index (χ0n) is 14.0. The van der Waals surface area contributed by atoms with E-state index < -0.39 is 0 Å². The van der Waals surface area contributed by atoms with Crippen LogP contribution in [-0.4, -0.2) is 19.1 Å². The van der Waals surface area contributed by atoms with E-state index in [-0.39, 0.29) is 12.5 Å². The lowest BCUT2D eigenvalue weighted by atomic mass is 9.99. The summed E-state index contributed by atoms with van der Waals surface area (Å²) in [5.41, 5.74) is 4.60. The van der Waals surface area contributed by atoms with Gasteiger partial charge in [0.1, 0.15) is 19.0 Å². The first-order chi connectivity index (χ1) is 12.7. The lowest BCUT2D eigenvalue weighted by Gasteiger charge is -2.11. The fraction of sp³-hybridized carbons (Fsp3) is 0.0952. The number of benzene rings is 3. The van der Waals surface area contributed by atoms with Crippen molar-refractivity contribution < 1.29 is 14.4 Å². The highest BCUT2D eigenvalue weighted by atomic mass is 35.5. The van der Waals surface area contributed by atoms with Crippen LogP contribution in [0.25, 0.3) is 11.1 Å². The summed E-state index contributed by atoms with van der Waals surface area (Å²) in [5.74, 6) is 0.423. The Bertz CT molecular complexity index is 854. The summed E-state index contributed by atoms with van der Waals surface area (Å²) >= 11 is 6.10. The second-order valence-electron chi connectivity index (χ2n) is 5.50. The molecule has 0 radical (unpaired) electrons. The molecule has 0 saturated heterocycles. The Hall–Kier alpha value is -2.82. The normalized spacial score (nSPS) is 10.3. The molecule has 3 rings (SSSR count). The maximum Gasteiger partial charge on any atom is 0.275 e. The molecule has 132 valence electrons. The number of amides is 1. The number of hydrogen-bond acceptors (Lipinski definition) is 3. The molecule has 5 heteroatoms. The van der Waals surface area contributed by atoms with Crippen LogP contribution in [-0.2, 0) is 4.84 Å². The second-order valence-corrected chi connectivity index (χ2v) is 5.93. The van der Waals surface area contributed by atoms with Crippen LogP contribution in [0.5, 0.6) is 5.75 Å². The minimum absolute atomic E-state index is 0.231. The first kappa shape index (κ1) is 18.0. The van der Waals surface area contributed by atoms with Gasteiger partial charge in [-0.05, 0) is 41.5 Å². The van der Waals surface area contributed by atoms with Crippen molar-refractivity contribution in [2.24, 2.45) is 0 Å². The van der Waals surface area contributed by atoms with Crippen molar-refractivity contribution in [3.63, 3.8) is 0 Å². The molecular formula is C21H18ClNO3. The number of rotatable bonds is 7. The van der Waals surface area contributed by atoms with Crippen LogP contribution >= 0.6 is 11.6 Å². The number of hydrogen-bond donors (Lipinski definition) is 1. The number of halogens is 1. The number of ether oxygens (including phenoxy) is 1. The second kappa shape index (κ2) is 9.04. The quantitative estimate of drug-likeness (QED) is 0.484. The molecule has 3 aromatic carbocycles. The van der Waals surface area contributed by atoms with Crippen molar-refractivity contribution in [3.8, 4) is 16.9 Å². The Kier molecular flexibility index (Phi) is 6.25. The summed E-state index contributed by atoms with van der Waals surface area (Å²) in [7, 11) is 0. The monoisotopic (exact) mass is 367 g/mol. The molecule has 4 nitrogen and oxygen atoms in total. The van der Waals surface area contributed by atoms with Gasteiger partial charge in [0.05, 0.1) is 0 Å². The lowest BCUT2D eigenvalue weighted by molar-refractivity contribution is 0.0201. The summed E-state index contributed by atoms with van der Waals surface area (Å²) < 4.78 is 5.51. The van der Waals surface area contributed by atoms with E-state index in [0.717, 1.165) is 16.9 Å². The summed E-state index contributed by atoms with van der Waals surface area (Å²) in [6, 6.07) is 24.2. The predicted octanol–water partition coefficient (Wildman–Crippen LogP) is 4.75. The van der Waals surface area contributed by atoms with Gasteiger partial charge in [-0.3, -0.25) is 9.63 Å². The fourth-order valence-corrected chi connectivity index (χ4v) is 2.63. The van der Waals surface area contributed by atoms with Gasteiger partial charge in [-0.25, -0.2) is 5.48 Å². The van der Waals surface area contributed by atoms with Crippen molar-refractivity contribution in [1.29, 1.82) is 0 Å². The molecule has 0 saturated carbocycles. The highest BCUT2D eigenvalue weighted by molar-refractivity contribution is 6.31. The molecule has 3 aromatic rings. The van der Waals surface area contributed by atoms with Gasteiger partial charge in [-0.15, -0.1) is 0 Å². The minimum Gasteiger partial charge on any atom is -0.491 e. The highest BCUT2D eigenvalue weighted by Crippen LogP contribution is 2.27. The van der Waals surface area contributed by atoms with Gasteiger partial charge in [0.2, 0.25) is 0 Å². The van der Waals surface area contributed by atoms with E-state index in [1.807, 2.05) is 60.7 Å². The van der Waals surface area contributed by atoms with Crippen molar-refractivity contribution in [3.05, 3.63) is 89.4 Å². The minimum atomic E-state index is -0.333. The van der Waals surface area contributed by atoms with Crippen molar-refractivity contribution >= 4 is 17.5 Å². The Labute approximate surface area is 157 Å². The molecule has 1 N–H and O–H groups in total. The van der Waals surface area contributed by atoms with Gasteiger partial charge in [0, 0.05) is 10.6 Å². The molecule has 0 aliphatic heterocycles. The molecule has 0 bridgehead atoms. The van der Waals surface area contributed by atoms with Crippen molar-refractivity contribution in [2.75, 3.05) is 13.2 Å². The van der Waals surface area contributed by atoms with Gasteiger partial charge in [-0.1, -0.05) is 60.1 Å². The third-order valence-electron chi connectivity index (χ3n) is 3.67. The third-order valence-corrected chi connectivity index (χ3v) is 3.91. The number of para-hydroxylation sites is 1. The summed E-state index contributed by atoms with van der Waals surface area (Å²) in [5, 5.41) is 0.567. The maximum atomic E-state index is 12.5. The first-order valence-corrected chi connectivity index (χ1v) is 8.57. The van der Waals surface area contributed by atoms with Gasteiger partial charge >= 0.3 is 0 Å². The standard InChI is InChI=1S/C21H18ClNO3/c22-17-11-12-19(20(15-17)16-7-3-1-4-8-16)21(24)23-26-14-13-25-18-9-5-2-6-10-18/h1-12,15H,13-14H2,(H,23,24). The summed E-state index contributed by atoms with van der Waals surface area (Å²) in [4.78, 5) is 17.7. The van der Waals surface area contributed by atoms with Crippen LogP contribution in [0, 0.1) is 0 Å². The Morgan fingerprint density at radius 3 is 2.31 bits per heavy atom. The molecule has 26 heavy (non-hydrogen) atoms. The van der Waals surface area contributed by atoms with Crippen LogP contribution in [0.4, 0.5) is 0 Å². The highest BCUT2D eigenvalue weighted by Gasteiger charge is 2.13. The van der Waals surface area contributed by atoms with Crippen LogP contribution < -0.4 is 10.2 Å².